The van der Waals surface area contributed by atoms with Crippen molar-refractivity contribution in [2.45, 2.75) is 25.9 Å². The summed E-state index contributed by atoms with van der Waals surface area (Å²) in [5.41, 5.74) is 2.18. The van der Waals surface area contributed by atoms with Crippen LogP contribution in [-0.2, 0) is 25.7 Å². The van der Waals surface area contributed by atoms with Gasteiger partial charge in [-0.25, -0.2) is 4.99 Å². The molecule has 0 radical (unpaired) electrons. The number of carbonyl (C=O) groups excluding carboxylic acids is 3. The van der Waals surface area contributed by atoms with Crippen molar-refractivity contribution in [3.8, 4) is 5.75 Å². The second kappa shape index (κ2) is 10.5. The maximum absolute atomic E-state index is 12.9. The van der Waals surface area contributed by atoms with E-state index >= 15 is 0 Å². The molecule has 2 aromatic carbocycles. The molecule has 2 heterocycles. The van der Waals surface area contributed by atoms with E-state index < -0.39 is 11.9 Å². The molecule has 0 bridgehead atoms. The molecule has 0 saturated heterocycles. The predicted octanol–water partition coefficient (Wildman–Crippen LogP) is 2.66. The van der Waals surface area contributed by atoms with Gasteiger partial charge in [-0.3, -0.25) is 19.3 Å². The first-order valence-electron chi connectivity index (χ1n) is 10.8. The Balaban J connectivity index is 1.51. The fourth-order valence-electron chi connectivity index (χ4n) is 3.72. The summed E-state index contributed by atoms with van der Waals surface area (Å²) in [6.07, 6.45) is -0.109. The number of hydrogen-bond donors (Lipinski definition) is 1. The zero-order valence-corrected chi connectivity index (χ0v) is 19.6. The fraction of sp³-hybridized carbons (Fsp3) is 0.292. The van der Waals surface area contributed by atoms with Crippen molar-refractivity contribution in [2.75, 3.05) is 19.5 Å². The largest absolute Gasteiger partial charge is 0.496 e. The van der Waals surface area contributed by atoms with E-state index in [1.54, 1.807) is 18.9 Å². The highest BCUT2D eigenvalue weighted by Gasteiger charge is 2.42. The molecule has 2 aromatic rings. The van der Waals surface area contributed by atoms with Crippen molar-refractivity contribution < 1.29 is 23.9 Å². The third-order valence-electron chi connectivity index (χ3n) is 5.28. The van der Waals surface area contributed by atoms with E-state index in [0.29, 0.717) is 28.0 Å². The monoisotopic (exact) mass is 480 g/mol. The molecular formula is C24H24N4O5S. The quantitative estimate of drug-likeness (QED) is 0.579. The molecule has 2 aliphatic heterocycles. The lowest BCUT2D eigenvalue weighted by Crippen LogP contribution is -2.46. The summed E-state index contributed by atoms with van der Waals surface area (Å²) >= 11 is 1.15. The second-order valence-corrected chi connectivity index (χ2v) is 8.40. The lowest BCUT2D eigenvalue weighted by Gasteiger charge is -2.30. The number of esters is 1. The first-order valence-corrected chi connectivity index (χ1v) is 11.8. The molecule has 0 aliphatic carbocycles. The zero-order valence-electron chi connectivity index (χ0n) is 18.8. The van der Waals surface area contributed by atoms with Gasteiger partial charge in [0.2, 0.25) is 5.91 Å². The van der Waals surface area contributed by atoms with Gasteiger partial charge in [-0.05, 0) is 25.1 Å². The Labute approximate surface area is 201 Å². The number of nitrogens with one attached hydrogen (secondary N) is 1. The summed E-state index contributed by atoms with van der Waals surface area (Å²) in [5, 5.41) is 3.28. The van der Waals surface area contributed by atoms with Crippen LogP contribution < -0.4 is 10.1 Å². The highest BCUT2D eigenvalue weighted by molar-refractivity contribution is 8.14. The number of ether oxygens (including phenoxy) is 2. The van der Waals surface area contributed by atoms with Gasteiger partial charge in [-0.1, -0.05) is 42.1 Å². The Hall–Kier alpha value is -3.66. The number of rotatable bonds is 8. The summed E-state index contributed by atoms with van der Waals surface area (Å²) in [7, 11) is 1.57. The number of amidine groups is 2. The van der Waals surface area contributed by atoms with Crippen LogP contribution in [0.4, 0.5) is 5.69 Å². The zero-order chi connectivity index (χ0) is 24.1. The summed E-state index contributed by atoms with van der Waals surface area (Å²) < 4.78 is 10.3. The smallest absolute Gasteiger partial charge is 0.316 e. The number of nitrogens with zero attached hydrogens (tertiary/aromatic N) is 3. The normalized spacial score (nSPS) is 16.2. The van der Waals surface area contributed by atoms with Gasteiger partial charge in [0.15, 0.2) is 5.17 Å². The number of methoxy groups -OCH3 is 1. The van der Waals surface area contributed by atoms with Crippen LogP contribution in [0.25, 0.3) is 0 Å². The van der Waals surface area contributed by atoms with Crippen LogP contribution >= 0.6 is 11.8 Å². The molecule has 2 aliphatic rings. The third kappa shape index (κ3) is 4.96. The van der Waals surface area contributed by atoms with Crippen molar-refractivity contribution in [2.24, 2.45) is 9.98 Å². The first kappa shape index (κ1) is 23.5. The van der Waals surface area contributed by atoms with Gasteiger partial charge in [0, 0.05) is 17.7 Å². The number of amides is 2. The average molecular weight is 481 g/mol. The Bertz CT molecular complexity index is 1180. The molecule has 0 saturated carbocycles. The van der Waals surface area contributed by atoms with Crippen LogP contribution in [0.2, 0.25) is 0 Å². The van der Waals surface area contributed by atoms with E-state index in [9.17, 15) is 14.4 Å². The number of hydrogen-bond acceptors (Lipinski definition) is 8. The van der Waals surface area contributed by atoms with Gasteiger partial charge in [-0.15, -0.1) is 0 Å². The van der Waals surface area contributed by atoms with Gasteiger partial charge < -0.3 is 14.8 Å². The van der Waals surface area contributed by atoms with E-state index in [-0.39, 0.29) is 37.2 Å². The van der Waals surface area contributed by atoms with Gasteiger partial charge in [-0.2, -0.15) is 4.99 Å². The van der Waals surface area contributed by atoms with Crippen molar-refractivity contribution in [1.82, 2.24) is 10.2 Å². The number of benzene rings is 2. The molecular weight excluding hydrogens is 456 g/mol. The Morgan fingerprint density at radius 3 is 2.68 bits per heavy atom. The van der Waals surface area contributed by atoms with Crippen molar-refractivity contribution in [1.29, 1.82) is 0 Å². The minimum atomic E-state index is -0.852. The fourth-order valence-corrected chi connectivity index (χ4v) is 4.56. The summed E-state index contributed by atoms with van der Waals surface area (Å²) in [6, 6.07) is 13.9. The van der Waals surface area contributed by atoms with E-state index in [0.717, 1.165) is 17.3 Å². The molecule has 2 amide bonds. The van der Waals surface area contributed by atoms with Gasteiger partial charge in [0.1, 0.15) is 17.6 Å². The number of thioether (sulfide) groups is 1. The van der Waals surface area contributed by atoms with Crippen LogP contribution in [0, 0.1) is 0 Å². The Morgan fingerprint density at radius 2 is 1.88 bits per heavy atom. The standard InChI is InChI=1S/C24H24N4O5S/c1-3-33-21(30)14-34-24-26-17-10-6-5-9-16(17)22-27-23(31)18(28(22)24)12-20(29)25-13-15-8-4-7-11-19(15)32-2/h4-11,18H,3,12-14H2,1-2H3,(H,25,29). The van der Waals surface area contributed by atoms with Crippen molar-refractivity contribution in [3.63, 3.8) is 0 Å². The average Bonchev–Trinajstić information content (AvgIpc) is 3.17. The van der Waals surface area contributed by atoms with Crippen LogP contribution in [0.3, 0.4) is 0 Å². The Morgan fingerprint density at radius 1 is 1.12 bits per heavy atom. The lowest BCUT2D eigenvalue weighted by atomic mass is 10.1. The number of carbonyl (C=O) groups is 3. The van der Waals surface area contributed by atoms with E-state index in [2.05, 4.69) is 15.3 Å². The number of para-hydroxylation sites is 2. The molecule has 9 nitrogen and oxygen atoms in total. The van der Waals surface area contributed by atoms with Crippen LogP contribution in [-0.4, -0.2) is 59.2 Å². The Kier molecular flexibility index (Phi) is 7.27. The first-order chi connectivity index (χ1) is 16.5. The summed E-state index contributed by atoms with van der Waals surface area (Å²) in [5.74, 6) is 0.00817. The van der Waals surface area contributed by atoms with Crippen molar-refractivity contribution in [3.05, 3.63) is 59.7 Å². The molecule has 1 atom stereocenters. The molecule has 1 N–H and O–H groups in total. The molecule has 0 fully saturated rings. The van der Waals surface area contributed by atoms with Crippen molar-refractivity contribution >= 4 is 46.2 Å². The molecule has 4 rings (SSSR count). The van der Waals surface area contributed by atoms with E-state index in [1.807, 2.05) is 48.5 Å². The third-order valence-corrected chi connectivity index (χ3v) is 6.21. The summed E-state index contributed by atoms with van der Waals surface area (Å²) in [4.78, 5) is 48.1. The maximum Gasteiger partial charge on any atom is 0.316 e. The van der Waals surface area contributed by atoms with E-state index in [1.165, 1.54) is 0 Å². The predicted molar refractivity (Wildman–Crippen MR) is 129 cm³/mol. The SMILES string of the molecule is CCOC(=O)CSC1=Nc2ccccc2C2=NC(=O)C(CC(=O)NCc3ccccc3OC)N12. The van der Waals surface area contributed by atoms with Gasteiger partial charge in [0.25, 0.3) is 5.91 Å². The topological polar surface area (TPSA) is 110 Å². The minimum absolute atomic E-state index is 0.0273. The molecule has 176 valence electrons. The highest BCUT2D eigenvalue weighted by Crippen LogP contribution is 2.34. The molecule has 10 heteroatoms. The van der Waals surface area contributed by atoms with Gasteiger partial charge in [0.05, 0.1) is 31.6 Å². The number of aliphatic imine (C=N–C) groups is 2. The van der Waals surface area contributed by atoms with E-state index in [4.69, 9.17) is 9.47 Å². The lowest BCUT2D eigenvalue weighted by molar-refractivity contribution is -0.139. The summed E-state index contributed by atoms with van der Waals surface area (Å²) in [6.45, 7) is 2.28. The maximum atomic E-state index is 12.9. The minimum Gasteiger partial charge on any atom is -0.496 e. The van der Waals surface area contributed by atoms with Gasteiger partial charge >= 0.3 is 5.97 Å². The van der Waals surface area contributed by atoms with Crippen LogP contribution in [0.5, 0.6) is 5.75 Å². The number of fused-ring (bicyclic) bond motifs is 3. The van der Waals surface area contributed by atoms with Crippen LogP contribution in [0.15, 0.2) is 58.5 Å². The molecule has 1 unspecified atom stereocenters. The second-order valence-electron chi connectivity index (χ2n) is 7.46. The molecule has 34 heavy (non-hydrogen) atoms. The van der Waals surface area contributed by atoms with Crippen LogP contribution in [0.1, 0.15) is 24.5 Å². The molecule has 0 spiro atoms. The highest BCUT2D eigenvalue weighted by atomic mass is 32.2. The molecule has 0 aromatic heterocycles.